The third-order valence-corrected chi connectivity index (χ3v) is 1.77. The third kappa shape index (κ3) is 2.15. The molecule has 1 N–H and O–H groups in total. The van der Waals surface area contributed by atoms with Gasteiger partial charge in [0.1, 0.15) is 0 Å². The first kappa shape index (κ1) is 9.41. The molecule has 0 aliphatic carbocycles. The van der Waals surface area contributed by atoms with E-state index in [0.717, 1.165) is 12.1 Å². The molecule has 0 unspecified atom stereocenters. The molecule has 0 saturated carbocycles. The van der Waals surface area contributed by atoms with Crippen LogP contribution in [0.2, 0.25) is 0 Å². The summed E-state index contributed by atoms with van der Waals surface area (Å²) in [5.74, 6) is 0. The lowest BCUT2D eigenvalue weighted by Crippen LogP contribution is -2.03. The molecule has 0 atom stereocenters. The summed E-state index contributed by atoms with van der Waals surface area (Å²) >= 11 is 0.421. The van der Waals surface area contributed by atoms with Gasteiger partial charge in [-0.25, -0.2) is 0 Å². The minimum atomic E-state index is -4.31. The minimum absolute atomic E-state index is 0.392. The molecule has 5 heteroatoms. The van der Waals surface area contributed by atoms with Gasteiger partial charge in [-0.15, -0.1) is 0 Å². The molecule has 0 radical (unpaired) electrons. The zero-order valence-corrected chi connectivity index (χ0v) is 6.62. The third-order valence-electron chi connectivity index (χ3n) is 1.29. The number of hydrogen-bond acceptors (Lipinski definition) is 2. The maximum absolute atomic E-state index is 12.0. The molecule has 0 heterocycles. The van der Waals surface area contributed by atoms with Gasteiger partial charge in [0.05, 0.1) is 5.56 Å². The second-order valence-electron chi connectivity index (χ2n) is 2.11. The van der Waals surface area contributed by atoms with Crippen LogP contribution in [0.3, 0.4) is 0 Å². The monoisotopic (exact) mass is 194 g/mol. The van der Waals surface area contributed by atoms with Crippen molar-refractivity contribution in [3.05, 3.63) is 29.8 Å². The number of alkyl halides is 3. The zero-order chi connectivity index (χ0) is 9.19. The molecular weight excluding hydrogens is 189 g/mol. The van der Waals surface area contributed by atoms with Gasteiger partial charge < -0.3 is 4.55 Å². The fourth-order valence-corrected chi connectivity index (χ4v) is 0.963. The number of halogens is 3. The van der Waals surface area contributed by atoms with Crippen LogP contribution in [0, 0.1) is 0 Å². The maximum atomic E-state index is 12.0. The highest BCUT2D eigenvalue weighted by atomic mass is 32.2. The number of hydrogen-bond donors (Lipinski definition) is 1. The summed E-state index contributed by atoms with van der Waals surface area (Å²) in [7, 11) is 0. The van der Waals surface area contributed by atoms with Crippen LogP contribution < -0.4 is 0 Å². The van der Waals surface area contributed by atoms with Crippen LogP contribution in [0.1, 0.15) is 5.56 Å². The largest absolute Gasteiger partial charge is 0.416 e. The molecule has 1 aromatic rings. The predicted octanol–water partition coefficient (Wildman–Crippen LogP) is 3.27. The van der Waals surface area contributed by atoms with Gasteiger partial charge >= 0.3 is 6.18 Å². The van der Waals surface area contributed by atoms with Gasteiger partial charge in [-0.3, -0.25) is 0 Å². The smallest absolute Gasteiger partial charge is 0.325 e. The Bertz CT molecular complexity index is 254. The second-order valence-corrected chi connectivity index (χ2v) is 2.77. The normalized spacial score (nSPS) is 11.7. The van der Waals surface area contributed by atoms with Crippen molar-refractivity contribution in [2.75, 3.05) is 0 Å². The van der Waals surface area contributed by atoms with Crippen molar-refractivity contribution in [3.8, 4) is 0 Å². The molecule has 66 valence electrons. The van der Waals surface area contributed by atoms with E-state index in [0.29, 0.717) is 16.9 Å². The minimum Gasteiger partial charge on any atom is -0.325 e. The quantitative estimate of drug-likeness (QED) is 0.692. The fourth-order valence-electron chi connectivity index (χ4n) is 0.705. The lowest BCUT2D eigenvalue weighted by atomic mass is 10.2. The summed E-state index contributed by atoms with van der Waals surface area (Å²) in [6, 6.07) is 4.29. The van der Waals surface area contributed by atoms with Gasteiger partial charge in [-0.2, -0.15) is 13.2 Å². The fraction of sp³-hybridized carbons (Fsp3) is 0.143. The average Bonchev–Trinajstić information content (AvgIpc) is 2.03. The highest BCUT2D eigenvalue weighted by Gasteiger charge is 2.29. The van der Waals surface area contributed by atoms with E-state index in [2.05, 4.69) is 0 Å². The average molecular weight is 194 g/mol. The summed E-state index contributed by atoms with van der Waals surface area (Å²) in [6.45, 7) is 0. The number of benzene rings is 1. The van der Waals surface area contributed by atoms with Crippen molar-refractivity contribution in [1.29, 1.82) is 0 Å². The van der Waals surface area contributed by atoms with E-state index in [1.807, 2.05) is 0 Å². The SMILES string of the molecule is OSc1ccc(C(F)(F)F)cc1. The van der Waals surface area contributed by atoms with Crippen LogP contribution >= 0.6 is 12.0 Å². The van der Waals surface area contributed by atoms with Crippen molar-refractivity contribution >= 4 is 12.0 Å². The molecule has 12 heavy (non-hydrogen) atoms. The topological polar surface area (TPSA) is 20.2 Å². The molecule has 1 rings (SSSR count). The van der Waals surface area contributed by atoms with Crippen LogP contribution in [-0.2, 0) is 6.18 Å². The molecular formula is C7H5F3OS. The van der Waals surface area contributed by atoms with Gasteiger partial charge in [0.25, 0.3) is 0 Å². The molecule has 0 aliphatic rings. The molecule has 0 aliphatic heterocycles. The van der Waals surface area contributed by atoms with Gasteiger partial charge in [-0.1, -0.05) is 0 Å². The highest BCUT2D eigenvalue weighted by molar-refractivity contribution is 7.93. The van der Waals surface area contributed by atoms with E-state index in [1.165, 1.54) is 12.1 Å². The van der Waals surface area contributed by atoms with Crippen LogP contribution in [-0.4, -0.2) is 4.55 Å². The number of rotatable bonds is 1. The van der Waals surface area contributed by atoms with Crippen molar-refractivity contribution in [1.82, 2.24) is 0 Å². The Labute approximate surface area is 71.4 Å². The van der Waals surface area contributed by atoms with Crippen LogP contribution in [0.4, 0.5) is 13.2 Å². The van der Waals surface area contributed by atoms with Crippen molar-refractivity contribution < 1.29 is 17.7 Å². The van der Waals surface area contributed by atoms with Crippen LogP contribution in [0.15, 0.2) is 29.2 Å². The summed E-state index contributed by atoms with van der Waals surface area (Å²) < 4.78 is 44.3. The van der Waals surface area contributed by atoms with Crippen LogP contribution in [0.25, 0.3) is 0 Å². The first-order chi connectivity index (χ1) is 5.54. The van der Waals surface area contributed by atoms with E-state index in [1.54, 1.807) is 0 Å². The Hall–Kier alpha value is -0.680. The van der Waals surface area contributed by atoms with E-state index in [-0.39, 0.29) is 0 Å². The van der Waals surface area contributed by atoms with Gasteiger partial charge in [0.2, 0.25) is 0 Å². The summed E-state index contributed by atoms with van der Waals surface area (Å²) in [6.07, 6.45) is -4.31. The van der Waals surface area contributed by atoms with E-state index < -0.39 is 11.7 Å². The van der Waals surface area contributed by atoms with Gasteiger partial charge in [0, 0.05) is 16.9 Å². The van der Waals surface area contributed by atoms with Crippen molar-refractivity contribution in [3.63, 3.8) is 0 Å². The first-order valence-corrected chi connectivity index (χ1v) is 3.80. The van der Waals surface area contributed by atoms with E-state index in [9.17, 15) is 13.2 Å². The first-order valence-electron chi connectivity index (χ1n) is 3.03. The Morgan fingerprint density at radius 1 is 1.08 bits per heavy atom. The molecule has 0 fully saturated rings. The summed E-state index contributed by atoms with van der Waals surface area (Å²) in [5.41, 5.74) is -0.708. The van der Waals surface area contributed by atoms with E-state index >= 15 is 0 Å². The Morgan fingerprint density at radius 2 is 1.58 bits per heavy atom. The lowest BCUT2D eigenvalue weighted by Gasteiger charge is -2.05. The van der Waals surface area contributed by atoms with Crippen molar-refractivity contribution in [2.24, 2.45) is 0 Å². The second kappa shape index (κ2) is 3.37. The molecule has 0 saturated heterocycles. The highest BCUT2D eigenvalue weighted by Crippen LogP contribution is 2.30. The maximum Gasteiger partial charge on any atom is 0.416 e. The molecule has 0 aromatic heterocycles. The lowest BCUT2D eigenvalue weighted by molar-refractivity contribution is -0.137. The molecule has 1 nitrogen and oxygen atoms in total. The molecule has 1 aromatic carbocycles. The Kier molecular flexibility index (Phi) is 2.64. The summed E-state index contributed by atoms with van der Waals surface area (Å²) in [5, 5.41) is 0. The Balaban J connectivity index is 2.93. The predicted molar refractivity (Wildman–Crippen MR) is 39.9 cm³/mol. The molecule has 0 spiro atoms. The van der Waals surface area contributed by atoms with Crippen LogP contribution in [0.5, 0.6) is 0 Å². The van der Waals surface area contributed by atoms with Crippen molar-refractivity contribution in [2.45, 2.75) is 11.1 Å². The van der Waals surface area contributed by atoms with Gasteiger partial charge in [-0.05, 0) is 24.3 Å². The van der Waals surface area contributed by atoms with Gasteiger partial charge in [0.15, 0.2) is 0 Å². The standard InChI is InChI=1S/C7H5F3OS/c8-7(9,10)5-1-3-6(12-11)4-2-5/h1-4,11H. The van der Waals surface area contributed by atoms with E-state index in [4.69, 9.17) is 4.55 Å². The molecule has 0 amide bonds. The zero-order valence-electron chi connectivity index (χ0n) is 5.80. The Morgan fingerprint density at radius 3 is 1.92 bits per heavy atom. The summed E-state index contributed by atoms with van der Waals surface area (Å²) in [4.78, 5) is 0.392. The molecule has 0 bridgehead atoms.